The lowest BCUT2D eigenvalue weighted by molar-refractivity contribution is 0.811. The van der Waals surface area contributed by atoms with Gasteiger partial charge in [0.1, 0.15) is 0 Å². The third kappa shape index (κ3) is 1.35. The van der Waals surface area contributed by atoms with Gasteiger partial charge >= 0.3 is 0 Å². The Labute approximate surface area is 62.1 Å². The molecule has 1 aromatic rings. The zero-order valence-electron chi connectivity index (χ0n) is 6.76. The Morgan fingerprint density at radius 3 is 2.50 bits per heavy atom. The van der Waals surface area contributed by atoms with Crippen LogP contribution in [0.25, 0.3) is 0 Å². The molecule has 0 spiro atoms. The molecule has 0 saturated heterocycles. The van der Waals surface area contributed by atoms with Crippen molar-refractivity contribution in [2.45, 2.75) is 26.7 Å². The van der Waals surface area contributed by atoms with E-state index in [0.29, 0.717) is 5.92 Å². The average Bonchev–Trinajstić information content (AvgIpc) is 1.88. The number of rotatable bonds is 1. The lowest BCUT2D eigenvalue weighted by atomic mass is 10.1. The maximum absolute atomic E-state index is 4.28. The molecule has 0 bridgehead atoms. The van der Waals surface area contributed by atoms with E-state index in [9.17, 15) is 0 Å². The van der Waals surface area contributed by atoms with Gasteiger partial charge in [-0.3, -0.25) is 4.98 Å². The predicted octanol–water partition coefficient (Wildman–Crippen LogP) is 2.51. The van der Waals surface area contributed by atoms with Gasteiger partial charge in [0, 0.05) is 11.9 Å². The highest BCUT2D eigenvalue weighted by Crippen LogP contribution is 2.14. The second kappa shape index (κ2) is 2.82. The summed E-state index contributed by atoms with van der Waals surface area (Å²) in [6.45, 7) is 6.42. The molecule has 54 valence electrons. The van der Waals surface area contributed by atoms with Crippen LogP contribution in [0.15, 0.2) is 18.3 Å². The fourth-order valence-electron chi connectivity index (χ4n) is 1.10. The molecule has 0 saturated carbocycles. The van der Waals surface area contributed by atoms with Crippen molar-refractivity contribution in [1.82, 2.24) is 4.98 Å². The molecule has 0 unspecified atom stereocenters. The van der Waals surface area contributed by atoms with E-state index in [1.165, 1.54) is 11.3 Å². The van der Waals surface area contributed by atoms with E-state index in [0.717, 1.165) is 0 Å². The zero-order valence-corrected chi connectivity index (χ0v) is 6.76. The maximum atomic E-state index is 4.28. The van der Waals surface area contributed by atoms with Gasteiger partial charge in [0.05, 0.1) is 0 Å². The molecule has 0 aliphatic carbocycles. The quantitative estimate of drug-likeness (QED) is 0.576. The van der Waals surface area contributed by atoms with Crippen LogP contribution < -0.4 is 0 Å². The first kappa shape index (κ1) is 7.26. The van der Waals surface area contributed by atoms with E-state index >= 15 is 0 Å². The molecule has 1 rings (SSSR count). The molecule has 1 aromatic heterocycles. The zero-order chi connectivity index (χ0) is 7.56. The van der Waals surface area contributed by atoms with Gasteiger partial charge in [-0.2, -0.15) is 0 Å². The van der Waals surface area contributed by atoms with Crippen molar-refractivity contribution in [3.05, 3.63) is 29.6 Å². The van der Waals surface area contributed by atoms with Crippen molar-refractivity contribution in [2.24, 2.45) is 0 Å². The van der Waals surface area contributed by atoms with Gasteiger partial charge in [-0.1, -0.05) is 19.9 Å². The van der Waals surface area contributed by atoms with Crippen LogP contribution in [0.3, 0.4) is 0 Å². The van der Waals surface area contributed by atoms with Crippen LogP contribution in [0, 0.1) is 6.92 Å². The van der Waals surface area contributed by atoms with E-state index in [4.69, 9.17) is 0 Å². The molecule has 0 aliphatic rings. The molecule has 10 heavy (non-hydrogen) atoms. The highest BCUT2D eigenvalue weighted by molar-refractivity contribution is 5.20. The van der Waals surface area contributed by atoms with Crippen LogP contribution in [0.5, 0.6) is 0 Å². The largest absolute Gasteiger partial charge is 0.261 e. The van der Waals surface area contributed by atoms with Crippen LogP contribution >= 0.6 is 0 Å². The summed E-state index contributed by atoms with van der Waals surface area (Å²) in [7, 11) is 0. The summed E-state index contributed by atoms with van der Waals surface area (Å²) in [5, 5.41) is 0. The monoisotopic (exact) mass is 135 g/mol. The van der Waals surface area contributed by atoms with Crippen LogP contribution in [0.1, 0.15) is 31.0 Å². The van der Waals surface area contributed by atoms with Crippen molar-refractivity contribution in [2.75, 3.05) is 0 Å². The number of aromatic nitrogens is 1. The summed E-state index contributed by atoms with van der Waals surface area (Å²) in [6.07, 6.45) is 1.85. The minimum atomic E-state index is 0.543. The van der Waals surface area contributed by atoms with E-state index in [1.54, 1.807) is 0 Å². The van der Waals surface area contributed by atoms with E-state index in [1.807, 2.05) is 12.3 Å². The molecule has 1 heterocycles. The molecule has 0 aliphatic heterocycles. The summed E-state index contributed by atoms with van der Waals surface area (Å²) < 4.78 is 0. The SMILES string of the molecule is Cc1cccnc1C(C)C. The lowest BCUT2D eigenvalue weighted by Gasteiger charge is -2.05. The Bertz CT molecular complexity index is 216. The van der Waals surface area contributed by atoms with Crippen molar-refractivity contribution < 1.29 is 0 Å². The standard InChI is InChI=1S/C9H13N/c1-7(2)9-8(3)5-4-6-10-9/h4-7H,1-3H3. The Morgan fingerprint density at radius 1 is 1.40 bits per heavy atom. The lowest BCUT2D eigenvalue weighted by Crippen LogP contribution is -1.94. The minimum Gasteiger partial charge on any atom is -0.261 e. The fourth-order valence-corrected chi connectivity index (χ4v) is 1.10. The highest BCUT2D eigenvalue weighted by Gasteiger charge is 2.01. The van der Waals surface area contributed by atoms with Crippen molar-refractivity contribution >= 4 is 0 Å². The van der Waals surface area contributed by atoms with Crippen molar-refractivity contribution in [3.63, 3.8) is 0 Å². The van der Waals surface area contributed by atoms with Crippen LogP contribution in [-0.4, -0.2) is 4.98 Å². The van der Waals surface area contributed by atoms with Gasteiger partial charge < -0.3 is 0 Å². The third-order valence-corrected chi connectivity index (χ3v) is 1.60. The number of aryl methyl sites for hydroxylation is 1. The molecular formula is C9H13N. The second-order valence-corrected chi connectivity index (χ2v) is 2.86. The van der Waals surface area contributed by atoms with E-state index < -0.39 is 0 Å². The molecular weight excluding hydrogens is 122 g/mol. The average molecular weight is 135 g/mol. The Hall–Kier alpha value is -0.850. The first-order chi connectivity index (χ1) is 4.72. The van der Waals surface area contributed by atoms with Gasteiger partial charge in [0.2, 0.25) is 0 Å². The van der Waals surface area contributed by atoms with Gasteiger partial charge in [-0.25, -0.2) is 0 Å². The number of pyridine rings is 1. The minimum absolute atomic E-state index is 0.543. The van der Waals surface area contributed by atoms with Gasteiger partial charge in [-0.15, -0.1) is 0 Å². The molecule has 0 N–H and O–H groups in total. The van der Waals surface area contributed by atoms with Crippen molar-refractivity contribution in [3.8, 4) is 0 Å². The Balaban J connectivity index is 3.03. The molecule has 0 fully saturated rings. The van der Waals surface area contributed by atoms with Crippen LogP contribution in [-0.2, 0) is 0 Å². The molecule has 0 aromatic carbocycles. The number of hydrogen-bond donors (Lipinski definition) is 0. The normalized spacial score (nSPS) is 10.4. The summed E-state index contributed by atoms with van der Waals surface area (Å²) in [5.41, 5.74) is 2.50. The Kier molecular flexibility index (Phi) is 2.05. The van der Waals surface area contributed by atoms with Crippen LogP contribution in [0.2, 0.25) is 0 Å². The summed E-state index contributed by atoms with van der Waals surface area (Å²) in [5.74, 6) is 0.543. The van der Waals surface area contributed by atoms with Crippen molar-refractivity contribution in [1.29, 1.82) is 0 Å². The van der Waals surface area contributed by atoms with Gasteiger partial charge in [-0.05, 0) is 24.5 Å². The van der Waals surface area contributed by atoms with E-state index in [2.05, 4.69) is 31.8 Å². The molecule has 1 heteroatoms. The summed E-state index contributed by atoms with van der Waals surface area (Å²) >= 11 is 0. The summed E-state index contributed by atoms with van der Waals surface area (Å²) in [6, 6.07) is 4.07. The Morgan fingerprint density at radius 2 is 2.10 bits per heavy atom. The topological polar surface area (TPSA) is 12.9 Å². The first-order valence-corrected chi connectivity index (χ1v) is 3.63. The second-order valence-electron chi connectivity index (χ2n) is 2.86. The molecule has 0 radical (unpaired) electrons. The predicted molar refractivity (Wildman–Crippen MR) is 43.1 cm³/mol. The van der Waals surface area contributed by atoms with Gasteiger partial charge in [0.25, 0.3) is 0 Å². The summed E-state index contributed by atoms with van der Waals surface area (Å²) in [4.78, 5) is 4.28. The number of nitrogens with zero attached hydrogens (tertiary/aromatic N) is 1. The third-order valence-electron chi connectivity index (χ3n) is 1.60. The smallest absolute Gasteiger partial charge is 0.0458 e. The number of hydrogen-bond acceptors (Lipinski definition) is 1. The van der Waals surface area contributed by atoms with Gasteiger partial charge in [0.15, 0.2) is 0 Å². The van der Waals surface area contributed by atoms with Crippen LogP contribution in [0.4, 0.5) is 0 Å². The molecule has 0 amide bonds. The molecule has 1 nitrogen and oxygen atoms in total. The highest BCUT2D eigenvalue weighted by atomic mass is 14.7. The van der Waals surface area contributed by atoms with E-state index in [-0.39, 0.29) is 0 Å². The fraction of sp³-hybridized carbons (Fsp3) is 0.444. The first-order valence-electron chi connectivity index (χ1n) is 3.63. The molecule has 0 atom stereocenters. The maximum Gasteiger partial charge on any atom is 0.0458 e.